The lowest BCUT2D eigenvalue weighted by atomic mass is 10.2. The lowest BCUT2D eigenvalue weighted by Crippen LogP contribution is -2.24. The van der Waals surface area contributed by atoms with E-state index in [1.54, 1.807) is 13.8 Å². The molecule has 1 aliphatic rings. The van der Waals surface area contributed by atoms with Crippen LogP contribution < -0.4 is 10.9 Å². The predicted molar refractivity (Wildman–Crippen MR) is 84.5 cm³/mol. The summed E-state index contributed by atoms with van der Waals surface area (Å²) in [5.41, 5.74) is -0.580. The van der Waals surface area contributed by atoms with Crippen molar-refractivity contribution in [2.24, 2.45) is 5.92 Å². The smallest absolute Gasteiger partial charge is 0.280 e. The summed E-state index contributed by atoms with van der Waals surface area (Å²) < 4.78 is 6.53. The summed E-state index contributed by atoms with van der Waals surface area (Å²) >= 11 is 0. The topological polar surface area (TPSA) is 163 Å². The molecule has 0 saturated heterocycles. The Kier molecular flexibility index (Phi) is 4.18. The first-order valence-electron chi connectivity index (χ1n) is 7.48. The minimum atomic E-state index is -1.46. The third kappa shape index (κ3) is 2.83. The van der Waals surface area contributed by atoms with Gasteiger partial charge in [-0.2, -0.15) is 4.98 Å². The molecular weight excluding hydrogens is 334 g/mol. The quantitative estimate of drug-likeness (QED) is 0.486. The third-order valence-electron chi connectivity index (χ3n) is 3.72. The third-order valence-corrected chi connectivity index (χ3v) is 3.72. The van der Waals surface area contributed by atoms with E-state index in [0.717, 1.165) is 0 Å². The van der Waals surface area contributed by atoms with Gasteiger partial charge < -0.3 is 20.1 Å². The molecule has 25 heavy (non-hydrogen) atoms. The maximum Gasteiger partial charge on any atom is 0.280 e. The molecule has 2 aromatic heterocycles. The first kappa shape index (κ1) is 16.9. The molecular formula is C14H17N5O6. The van der Waals surface area contributed by atoms with E-state index >= 15 is 0 Å². The van der Waals surface area contributed by atoms with Crippen molar-refractivity contribution in [2.45, 2.75) is 26.2 Å². The second-order valence-corrected chi connectivity index (χ2v) is 5.80. The molecule has 0 fully saturated rings. The number of carbonyl (C=O) groups excluding carboxylic acids is 1. The Morgan fingerprint density at radius 2 is 2.24 bits per heavy atom. The number of ether oxygens (including phenoxy) is 1. The molecule has 1 unspecified atom stereocenters. The molecule has 2 atom stereocenters. The number of aromatic nitrogens is 4. The lowest BCUT2D eigenvalue weighted by molar-refractivity contribution is -0.118. The van der Waals surface area contributed by atoms with Crippen LogP contribution in [-0.2, 0) is 9.53 Å². The highest BCUT2D eigenvalue weighted by Gasteiger charge is 2.37. The zero-order valence-corrected chi connectivity index (χ0v) is 13.4. The molecule has 1 aliphatic heterocycles. The van der Waals surface area contributed by atoms with Gasteiger partial charge in [0.15, 0.2) is 28.8 Å². The fraction of sp³-hybridized carbons (Fsp3) is 0.429. The molecule has 0 saturated carbocycles. The van der Waals surface area contributed by atoms with Gasteiger partial charge in [0.05, 0.1) is 0 Å². The molecule has 134 valence electrons. The maximum atomic E-state index is 12.1. The average molecular weight is 351 g/mol. The molecule has 3 rings (SSSR count). The minimum Gasteiger partial charge on any atom is -0.506 e. The van der Waals surface area contributed by atoms with Gasteiger partial charge in [-0.1, -0.05) is 13.8 Å². The number of rotatable bonds is 4. The highest BCUT2D eigenvalue weighted by molar-refractivity contribution is 5.91. The number of carbonyl (C=O) groups is 1. The van der Waals surface area contributed by atoms with E-state index in [4.69, 9.17) is 9.84 Å². The van der Waals surface area contributed by atoms with Crippen LogP contribution >= 0.6 is 0 Å². The number of hydrogen-bond acceptors (Lipinski definition) is 8. The van der Waals surface area contributed by atoms with E-state index in [9.17, 15) is 19.8 Å². The number of hydrogen-bond donors (Lipinski definition) is 5. The number of aromatic amines is 1. The zero-order valence-electron chi connectivity index (χ0n) is 13.4. The normalized spacial score (nSPS) is 20.4. The molecule has 5 N–H and O–H groups in total. The van der Waals surface area contributed by atoms with Gasteiger partial charge in [-0.3, -0.25) is 24.5 Å². The standard InChI is InChI=1S/C14H17N5O6/c1-5(2)11(23)17-14-16-10-7(12(24)18-14)15-4-19(10)13-9(22)8(21)6(3-20)25-13/h4-5,9,13,20-22H,3H2,1-2H3,(H2,16,17,18,23,24)/t9?,13-/m1/s1. The molecule has 0 spiro atoms. The fourth-order valence-electron chi connectivity index (χ4n) is 2.33. The molecule has 11 nitrogen and oxygen atoms in total. The number of nitrogens with one attached hydrogen (secondary N) is 2. The Labute approximate surface area is 140 Å². The van der Waals surface area contributed by atoms with Crippen LogP contribution in [0.25, 0.3) is 11.2 Å². The Morgan fingerprint density at radius 1 is 1.52 bits per heavy atom. The Morgan fingerprint density at radius 3 is 2.84 bits per heavy atom. The van der Waals surface area contributed by atoms with E-state index in [0.29, 0.717) is 0 Å². The van der Waals surface area contributed by atoms with Crippen LogP contribution in [0, 0.1) is 5.92 Å². The summed E-state index contributed by atoms with van der Waals surface area (Å²) in [6.45, 7) is 2.77. The van der Waals surface area contributed by atoms with Gasteiger partial charge in [0.2, 0.25) is 18.1 Å². The van der Waals surface area contributed by atoms with Crippen LogP contribution in [0.1, 0.15) is 20.1 Å². The van der Waals surface area contributed by atoms with Gasteiger partial charge in [-0.05, 0) is 0 Å². The van der Waals surface area contributed by atoms with Crippen LogP contribution in [0.2, 0.25) is 0 Å². The van der Waals surface area contributed by atoms with E-state index in [2.05, 4.69) is 20.3 Å². The predicted octanol–water partition coefficient (Wildman–Crippen LogP) is -0.634. The largest absolute Gasteiger partial charge is 0.506 e. The first-order valence-corrected chi connectivity index (χ1v) is 7.48. The highest BCUT2D eigenvalue weighted by Crippen LogP contribution is 2.32. The van der Waals surface area contributed by atoms with E-state index in [-0.39, 0.29) is 34.7 Å². The van der Waals surface area contributed by atoms with Gasteiger partial charge in [-0.25, -0.2) is 4.98 Å². The minimum absolute atomic E-state index is 0.0321. The van der Waals surface area contributed by atoms with E-state index < -0.39 is 30.3 Å². The van der Waals surface area contributed by atoms with Crippen molar-refractivity contribution in [3.8, 4) is 0 Å². The van der Waals surface area contributed by atoms with E-state index in [1.807, 2.05) is 0 Å². The van der Waals surface area contributed by atoms with Gasteiger partial charge >= 0.3 is 0 Å². The van der Waals surface area contributed by atoms with Crippen LogP contribution in [0.4, 0.5) is 5.95 Å². The van der Waals surface area contributed by atoms with Crippen molar-refractivity contribution in [1.29, 1.82) is 0 Å². The summed E-state index contributed by atoms with van der Waals surface area (Å²) in [7, 11) is 0. The monoisotopic (exact) mass is 351 g/mol. The molecule has 11 heteroatoms. The SMILES string of the molecule is CC(C)C(=O)Nc1nc2c(ncn2[C@@H]2OC(CO)=C(O)C2O)c(=O)[nH]1. The van der Waals surface area contributed by atoms with Crippen molar-refractivity contribution in [3.63, 3.8) is 0 Å². The van der Waals surface area contributed by atoms with Crippen molar-refractivity contribution >= 4 is 23.0 Å². The van der Waals surface area contributed by atoms with Crippen molar-refractivity contribution in [2.75, 3.05) is 11.9 Å². The van der Waals surface area contributed by atoms with Crippen molar-refractivity contribution in [3.05, 3.63) is 28.2 Å². The molecule has 3 heterocycles. The number of amides is 1. The van der Waals surface area contributed by atoms with Crippen LogP contribution in [0.3, 0.4) is 0 Å². The summed E-state index contributed by atoms with van der Waals surface area (Å²) in [6, 6.07) is 0. The lowest BCUT2D eigenvalue weighted by Gasteiger charge is -2.17. The van der Waals surface area contributed by atoms with Gasteiger partial charge in [-0.15, -0.1) is 0 Å². The van der Waals surface area contributed by atoms with E-state index in [1.165, 1.54) is 10.9 Å². The fourth-order valence-corrected chi connectivity index (χ4v) is 2.33. The van der Waals surface area contributed by atoms with Crippen molar-refractivity contribution in [1.82, 2.24) is 19.5 Å². The van der Waals surface area contributed by atoms with Crippen molar-refractivity contribution < 1.29 is 24.9 Å². The summed E-state index contributed by atoms with van der Waals surface area (Å²) in [6.07, 6.45) is -1.41. The second kappa shape index (κ2) is 6.18. The van der Waals surface area contributed by atoms with Gasteiger partial charge in [0.25, 0.3) is 5.56 Å². The number of imidazole rings is 1. The number of aliphatic hydroxyl groups excluding tert-OH is 3. The van der Waals surface area contributed by atoms with Gasteiger partial charge in [0.1, 0.15) is 12.9 Å². The van der Waals surface area contributed by atoms with Crippen LogP contribution in [0.15, 0.2) is 22.6 Å². The number of anilines is 1. The Bertz CT molecular complexity index is 914. The molecule has 0 bridgehead atoms. The average Bonchev–Trinajstić information content (AvgIpc) is 3.10. The van der Waals surface area contributed by atoms with Crippen LogP contribution in [-0.4, -0.2) is 53.5 Å². The molecule has 1 amide bonds. The summed E-state index contributed by atoms with van der Waals surface area (Å²) in [4.78, 5) is 34.4. The maximum absolute atomic E-state index is 12.1. The summed E-state index contributed by atoms with van der Waals surface area (Å²) in [5.74, 6) is -1.43. The molecule has 0 aliphatic carbocycles. The number of H-pyrrole nitrogens is 1. The van der Waals surface area contributed by atoms with Gasteiger partial charge in [0, 0.05) is 5.92 Å². The molecule has 0 aromatic carbocycles. The Balaban J connectivity index is 2.02. The first-order chi connectivity index (χ1) is 11.8. The number of nitrogens with zero attached hydrogens (tertiary/aromatic N) is 3. The van der Waals surface area contributed by atoms with Crippen LogP contribution in [0.5, 0.6) is 0 Å². The number of aliphatic hydroxyl groups is 3. The number of fused-ring (bicyclic) bond motifs is 1. The zero-order chi connectivity index (χ0) is 18.3. The molecule has 0 radical (unpaired) electrons. The molecule has 2 aromatic rings. The highest BCUT2D eigenvalue weighted by atomic mass is 16.5. The Hall–Kier alpha value is -2.92. The second-order valence-electron chi connectivity index (χ2n) is 5.80. The summed E-state index contributed by atoms with van der Waals surface area (Å²) in [5, 5.41) is 31.4.